The van der Waals surface area contributed by atoms with Gasteiger partial charge in [0.05, 0.1) is 5.97 Å². The van der Waals surface area contributed by atoms with E-state index >= 15 is 0 Å². The summed E-state index contributed by atoms with van der Waals surface area (Å²) in [7, 11) is 0. The molecule has 0 bridgehead atoms. The summed E-state index contributed by atoms with van der Waals surface area (Å²) in [6.45, 7) is 0. The van der Waals surface area contributed by atoms with E-state index in [0.29, 0.717) is 5.69 Å². The van der Waals surface area contributed by atoms with E-state index in [1.54, 1.807) is 24.3 Å². The fraction of sp³-hybridized carbons (Fsp3) is 0. The molecule has 0 atom stereocenters. The first-order chi connectivity index (χ1) is 11.6. The molecule has 0 aliphatic heterocycles. The van der Waals surface area contributed by atoms with E-state index in [9.17, 15) is 14.7 Å². The zero-order chi connectivity index (χ0) is 16.9. The van der Waals surface area contributed by atoms with Crippen molar-refractivity contribution in [2.75, 3.05) is 5.32 Å². The Kier molecular flexibility index (Phi) is 6.53. The topological polar surface area (TPSA) is 69.2 Å². The van der Waals surface area contributed by atoms with E-state index in [4.69, 9.17) is 0 Å². The average Bonchev–Trinajstić information content (AvgIpc) is 2.63. The summed E-state index contributed by atoms with van der Waals surface area (Å²) in [6, 6.07) is 23.2. The molecular formula is C20H14NNaO3. The summed E-state index contributed by atoms with van der Waals surface area (Å²) in [5, 5.41) is 13.8. The maximum absolute atomic E-state index is 12.3. The summed E-state index contributed by atoms with van der Waals surface area (Å²) >= 11 is 0. The van der Waals surface area contributed by atoms with Gasteiger partial charge in [0, 0.05) is 16.8 Å². The Morgan fingerprint density at radius 1 is 0.680 bits per heavy atom. The minimum Gasteiger partial charge on any atom is -0.545 e. The minimum atomic E-state index is -1.37. The van der Waals surface area contributed by atoms with Crippen LogP contribution in [-0.2, 0) is 0 Å². The largest absolute Gasteiger partial charge is 1.00 e. The molecule has 0 saturated carbocycles. The minimum absolute atomic E-state index is 0. The third kappa shape index (κ3) is 4.57. The van der Waals surface area contributed by atoms with E-state index in [-0.39, 0.29) is 40.7 Å². The predicted molar refractivity (Wildman–Crippen MR) is 90.6 cm³/mol. The molecule has 1 amide bonds. The van der Waals surface area contributed by atoms with Crippen molar-refractivity contribution >= 4 is 17.6 Å². The molecule has 0 saturated heterocycles. The number of hydrogen-bond acceptors (Lipinski definition) is 3. The number of aromatic carboxylic acids is 1. The van der Waals surface area contributed by atoms with Crippen molar-refractivity contribution in [3.8, 4) is 11.1 Å². The van der Waals surface area contributed by atoms with Gasteiger partial charge in [-0.05, 0) is 29.3 Å². The van der Waals surface area contributed by atoms with Crippen molar-refractivity contribution in [1.82, 2.24) is 0 Å². The molecule has 1 N–H and O–H groups in total. The second kappa shape index (κ2) is 8.62. The fourth-order valence-corrected chi connectivity index (χ4v) is 2.43. The third-order valence-corrected chi connectivity index (χ3v) is 3.64. The standard InChI is InChI=1S/C20H15NO3.Na/c22-19(17-8-4-5-9-18(17)20(23)24)21-16-12-10-15(11-13-16)14-6-2-1-3-7-14;/h1-13H,(H,21,22)(H,23,24);/q;+1/p-1. The number of hydrogen-bond donors (Lipinski definition) is 1. The Balaban J connectivity index is 0.00000225. The molecule has 5 heteroatoms. The molecule has 0 unspecified atom stereocenters. The van der Waals surface area contributed by atoms with E-state index in [2.05, 4.69) is 5.32 Å². The first-order valence-electron chi connectivity index (χ1n) is 7.42. The molecule has 3 aromatic rings. The summed E-state index contributed by atoms with van der Waals surface area (Å²) in [5.74, 6) is -1.86. The first kappa shape index (κ1) is 18.9. The Labute approximate surface area is 167 Å². The predicted octanol–water partition coefficient (Wildman–Crippen LogP) is -0.0266. The molecule has 0 aliphatic carbocycles. The summed E-state index contributed by atoms with van der Waals surface area (Å²) < 4.78 is 0. The van der Waals surface area contributed by atoms with Crippen LogP contribution in [0.3, 0.4) is 0 Å². The normalized spacial score (nSPS) is 9.76. The van der Waals surface area contributed by atoms with Crippen molar-refractivity contribution in [3.05, 3.63) is 90.0 Å². The van der Waals surface area contributed by atoms with Gasteiger partial charge in [-0.15, -0.1) is 0 Å². The third-order valence-electron chi connectivity index (χ3n) is 3.64. The van der Waals surface area contributed by atoms with Crippen LogP contribution in [0.15, 0.2) is 78.9 Å². The van der Waals surface area contributed by atoms with Crippen LogP contribution < -0.4 is 40.0 Å². The van der Waals surface area contributed by atoms with Gasteiger partial charge < -0.3 is 15.2 Å². The van der Waals surface area contributed by atoms with Crippen LogP contribution in [-0.4, -0.2) is 11.9 Å². The summed E-state index contributed by atoms with van der Waals surface area (Å²) in [6.07, 6.45) is 0. The zero-order valence-corrected chi connectivity index (χ0v) is 15.7. The van der Waals surface area contributed by atoms with Crippen LogP contribution in [0.5, 0.6) is 0 Å². The van der Waals surface area contributed by atoms with E-state index in [0.717, 1.165) is 11.1 Å². The number of carbonyl (C=O) groups is 2. The number of anilines is 1. The number of carboxylic acids is 1. The second-order valence-corrected chi connectivity index (χ2v) is 5.23. The van der Waals surface area contributed by atoms with Gasteiger partial charge in [0.1, 0.15) is 0 Å². The molecule has 118 valence electrons. The number of amides is 1. The number of carboxylic acid groups (broad SMARTS) is 1. The average molecular weight is 339 g/mol. The Morgan fingerprint density at radius 2 is 1.20 bits per heavy atom. The van der Waals surface area contributed by atoms with Crippen molar-refractivity contribution in [3.63, 3.8) is 0 Å². The van der Waals surface area contributed by atoms with Gasteiger partial charge >= 0.3 is 29.6 Å². The smallest absolute Gasteiger partial charge is 0.545 e. The van der Waals surface area contributed by atoms with E-state index in [1.807, 2.05) is 42.5 Å². The molecule has 0 fully saturated rings. The molecule has 25 heavy (non-hydrogen) atoms. The molecule has 3 rings (SSSR count). The second-order valence-electron chi connectivity index (χ2n) is 5.23. The van der Waals surface area contributed by atoms with E-state index in [1.165, 1.54) is 12.1 Å². The number of nitrogens with one attached hydrogen (secondary N) is 1. The van der Waals surface area contributed by atoms with Gasteiger partial charge in [0.25, 0.3) is 5.91 Å². The Hall–Kier alpha value is -2.40. The summed E-state index contributed by atoms with van der Waals surface area (Å²) in [4.78, 5) is 23.4. The van der Waals surface area contributed by atoms with E-state index < -0.39 is 11.9 Å². The quantitative estimate of drug-likeness (QED) is 0.679. The van der Waals surface area contributed by atoms with Crippen molar-refractivity contribution in [2.45, 2.75) is 0 Å². The van der Waals surface area contributed by atoms with Crippen LogP contribution in [0, 0.1) is 0 Å². The van der Waals surface area contributed by atoms with Gasteiger partial charge in [0.2, 0.25) is 0 Å². The van der Waals surface area contributed by atoms with Crippen LogP contribution in [0.25, 0.3) is 11.1 Å². The number of carbonyl (C=O) groups excluding carboxylic acids is 2. The van der Waals surface area contributed by atoms with Gasteiger partial charge in [-0.3, -0.25) is 4.79 Å². The van der Waals surface area contributed by atoms with Crippen LogP contribution in [0.1, 0.15) is 20.7 Å². The van der Waals surface area contributed by atoms with Crippen LogP contribution in [0.4, 0.5) is 5.69 Å². The fourth-order valence-electron chi connectivity index (χ4n) is 2.43. The van der Waals surface area contributed by atoms with Crippen molar-refractivity contribution in [1.29, 1.82) is 0 Å². The summed E-state index contributed by atoms with van der Waals surface area (Å²) in [5.41, 5.74) is 2.65. The number of benzene rings is 3. The SMILES string of the molecule is O=C([O-])c1ccccc1C(=O)Nc1ccc(-c2ccccc2)cc1.[Na+]. The number of rotatable bonds is 4. The molecule has 4 nitrogen and oxygen atoms in total. The Morgan fingerprint density at radius 3 is 1.80 bits per heavy atom. The molecule has 0 spiro atoms. The Bertz CT molecular complexity index is 877. The molecule has 0 radical (unpaired) electrons. The van der Waals surface area contributed by atoms with Gasteiger partial charge in [-0.25, -0.2) is 0 Å². The van der Waals surface area contributed by atoms with Gasteiger partial charge in [-0.1, -0.05) is 60.7 Å². The molecule has 0 aromatic heterocycles. The van der Waals surface area contributed by atoms with Crippen LogP contribution >= 0.6 is 0 Å². The zero-order valence-electron chi connectivity index (χ0n) is 13.7. The first-order valence-corrected chi connectivity index (χ1v) is 7.42. The molecule has 3 aromatic carbocycles. The molecule has 0 aliphatic rings. The molecular weight excluding hydrogens is 325 g/mol. The van der Waals surface area contributed by atoms with Gasteiger partial charge in [-0.2, -0.15) is 0 Å². The maximum atomic E-state index is 12.3. The molecule has 0 heterocycles. The van der Waals surface area contributed by atoms with Crippen molar-refractivity contribution < 1.29 is 44.3 Å². The monoisotopic (exact) mass is 339 g/mol. The maximum Gasteiger partial charge on any atom is 1.00 e. The van der Waals surface area contributed by atoms with Crippen LogP contribution in [0.2, 0.25) is 0 Å². The van der Waals surface area contributed by atoms with Crippen molar-refractivity contribution in [2.24, 2.45) is 0 Å². The van der Waals surface area contributed by atoms with Gasteiger partial charge in [0.15, 0.2) is 0 Å².